The first-order valence-corrected chi connectivity index (χ1v) is 28.7. The fraction of sp³-hybridized carbons (Fsp3) is 0.948. The van der Waals surface area contributed by atoms with Crippen LogP contribution in [0.5, 0.6) is 0 Å². The third-order valence-electron chi connectivity index (χ3n) is 13.2. The Morgan fingerprint density at radius 2 is 0.516 bits per heavy atom. The molecule has 1 atom stereocenters. The lowest BCUT2D eigenvalue weighted by Crippen LogP contribution is -2.30. The maximum Gasteiger partial charge on any atom is 0.306 e. The van der Waals surface area contributed by atoms with E-state index in [0.717, 1.165) is 69.6 Å². The first-order valence-electron chi connectivity index (χ1n) is 28.7. The molecule has 0 aliphatic rings. The summed E-state index contributed by atoms with van der Waals surface area (Å²) < 4.78 is 16.9. The summed E-state index contributed by atoms with van der Waals surface area (Å²) in [5.74, 6) is 0.840. The second kappa shape index (κ2) is 50.8. The number of unbranched alkanes of at least 4 members (excludes halogenated alkanes) is 37. The van der Waals surface area contributed by atoms with E-state index in [2.05, 4.69) is 34.6 Å². The third kappa shape index (κ3) is 51.4. The molecule has 0 aliphatic heterocycles. The van der Waals surface area contributed by atoms with Gasteiger partial charge in [-0.25, -0.2) is 0 Å². The fourth-order valence-corrected chi connectivity index (χ4v) is 8.87. The summed E-state index contributed by atoms with van der Waals surface area (Å²) in [7, 11) is 0. The second-order valence-electron chi connectivity index (χ2n) is 20.9. The number of hydrogen-bond donors (Lipinski definition) is 0. The van der Waals surface area contributed by atoms with E-state index in [4.69, 9.17) is 14.2 Å². The number of carbonyl (C=O) groups excluding carboxylic acids is 3. The van der Waals surface area contributed by atoms with E-state index in [1.165, 1.54) is 212 Å². The van der Waals surface area contributed by atoms with Gasteiger partial charge in [-0.2, -0.15) is 0 Å². The van der Waals surface area contributed by atoms with Crippen molar-refractivity contribution < 1.29 is 28.6 Å². The van der Waals surface area contributed by atoms with Crippen molar-refractivity contribution >= 4 is 17.9 Å². The van der Waals surface area contributed by atoms with Crippen LogP contribution in [0.4, 0.5) is 0 Å². The van der Waals surface area contributed by atoms with E-state index in [-0.39, 0.29) is 31.1 Å². The van der Waals surface area contributed by atoms with E-state index in [9.17, 15) is 14.4 Å². The highest BCUT2D eigenvalue weighted by Crippen LogP contribution is 2.18. The molecule has 0 aromatic heterocycles. The maximum absolute atomic E-state index is 12.8. The van der Waals surface area contributed by atoms with Crippen molar-refractivity contribution in [3.63, 3.8) is 0 Å². The van der Waals surface area contributed by atoms with Crippen LogP contribution < -0.4 is 0 Å². The van der Waals surface area contributed by atoms with Crippen LogP contribution in [0.15, 0.2) is 0 Å². The Morgan fingerprint density at radius 3 is 0.766 bits per heavy atom. The fourth-order valence-electron chi connectivity index (χ4n) is 8.87. The van der Waals surface area contributed by atoms with E-state index in [0.29, 0.717) is 19.3 Å². The Labute approximate surface area is 399 Å². The number of rotatable bonds is 52. The monoisotopic (exact) mass is 905 g/mol. The topological polar surface area (TPSA) is 78.9 Å². The smallest absolute Gasteiger partial charge is 0.306 e. The van der Waals surface area contributed by atoms with Gasteiger partial charge in [0, 0.05) is 19.3 Å². The van der Waals surface area contributed by atoms with Gasteiger partial charge in [-0.05, 0) is 31.1 Å². The summed E-state index contributed by atoms with van der Waals surface area (Å²) in [5.41, 5.74) is 0. The number of carbonyl (C=O) groups is 3. The molecule has 0 amide bonds. The average Bonchev–Trinajstić information content (AvgIpc) is 3.27. The highest BCUT2D eigenvalue weighted by molar-refractivity contribution is 5.71. The normalized spacial score (nSPS) is 12.0. The molecule has 0 heterocycles. The van der Waals surface area contributed by atoms with E-state index in [1.807, 2.05) is 0 Å². The van der Waals surface area contributed by atoms with Gasteiger partial charge in [0.2, 0.25) is 0 Å². The zero-order valence-electron chi connectivity index (χ0n) is 43.9. The molecule has 0 saturated heterocycles. The van der Waals surface area contributed by atoms with Crippen LogP contribution >= 0.6 is 0 Å². The zero-order chi connectivity index (χ0) is 46.8. The van der Waals surface area contributed by atoms with Gasteiger partial charge in [-0.3, -0.25) is 14.4 Å². The minimum atomic E-state index is -0.762. The molecule has 6 heteroatoms. The van der Waals surface area contributed by atoms with Crippen LogP contribution in [0.25, 0.3) is 0 Å². The van der Waals surface area contributed by atoms with Crippen LogP contribution in [-0.2, 0) is 28.6 Å². The molecule has 0 rings (SSSR count). The average molecular weight is 906 g/mol. The van der Waals surface area contributed by atoms with E-state index in [1.54, 1.807) is 0 Å². The van der Waals surface area contributed by atoms with Crippen LogP contribution in [0, 0.1) is 11.8 Å². The summed E-state index contributed by atoms with van der Waals surface area (Å²) >= 11 is 0. The van der Waals surface area contributed by atoms with Gasteiger partial charge >= 0.3 is 17.9 Å². The lowest BCUT2D eigenvalue weighted by molar-refractivity contribution is -0.167. The largest absolute Gasteiger partial charge is 0.462 e. The molecule has 0 aromatic carbocycles. The van der Waals surface area contributed by atoms with E-state index >= 15 is 0 Å². The number of ether oxygens (including phenoxy) is 3. The van der Waals surface area contributed by atoms with Crippen molar-refractivity contribution in [2.75, 3.05) is 13.2 Å². The molecule has 0 saturated carbocycles. The Bertz CT molecular complexity index is 978. The van der Waals surface area contributed by atoms with Gasteiger partial charge in [0.05, 0.1) is 0 Å². The lowest BCUT2D eigenvalue weighted by atomic mass is 10.0. The minimum Gasteiger partial charge on any atom is -0.462 e. The quantitative estimate of drug-likeness (QED) is 0.0344. The van der Waals surface area contributed by atoms with Gasteiger partial charge in [0.15, 0.2) is 6.10 Å². The lowest BCUT2D eigenvalue weighted by Gasteiger charge is -2.18. The molecule has 0 spiro atoms. The van der Waals surface area contributed by atoms with E-state index < -0.39 is 6.10 Å². The highest BCUT2D eigenvalue weighted by Gasteiger charge is 2.19. The Kier molecular flexibility index (Phi) is 49.6. The summed E-state index contributed by atoms with van der Waals surface area (Å²) in [6.07, 6.45) is 53.7. The molecule has 0 fully saturated rings. The highest BCUT2D eigenvalue weighted by atomic mass is 16.6. The molecule has 6 nitrogen and oxygen atoms in total. The predicted octanol–water partition coefficient (Wildman–Crippen LogP) is 18.9. The molecular formula is C58H112O6. The minimum absolute atomic E-state index is 0.0626. The van der Waals surface area contributed by atoms with Gasteiger partial charge in [0.1, 0.15) is 13.2 Å². The molecular weight excluding hydrogens is 793 g/mol. The van der Waals surface area contributed by atoms with Gasteiger partial charge < -0.3 is 14.2 Å². The molecule has 0 unspecified atom stereocenters. The van der Waals surface area contributed by atoms with Crippen LogP contribution in [0.1, 0.15) is 324 Å². The zero-order valence-corrected chi connectivity index (χ0v) is 43.9. The van der Waals surface area contributed by atoms with Crippen molar-refractivity contribution in [2.24, 2.45) is 11.8 Å². The first-order chi connectivity index (χ1) is 31.2. The Balaban J connectivity index is 4.29. The molecule has 380 valence electrons. The molecule has 0 bridgehead atoms. The van der Waals surface area contributed by atoms with Crippen molar-refractivity contribution in [3.8, 4) is 0 Å². The van der Waals surface area contributed by atoms with Crippen molar-refractivity contribution in [3.05, 3.63) is 0 Å². The molecule has 0 N–H and O–H groups in total. The Hall–Kier alpha value is -1.59. The van der Waals surface area contributed by atoms with Gasteiger partial charge in [0.25, 0.3) is 0 Å². The van der Waals surface area contributed by atoms with Crippen molar-refractivity contribution in [1.82, 2.24) is 0 Å². The summed E-state index contributed by atoms with van der Waals surface area (Å²) in [6, 6.07) is 0. The van der Waals surface area contributed by atoms with Crippen LogP contribution in [0.3, 0.4) is 0 Å². The van der Waals surface area contributed by atoms with Gasteiger partial charge in [-0.1, -0.05) is 285 Å². The third-order valence-corrected chi connectivity index (χ3v) is 13.2. The molecule has 0 aromatic rings. The van der Waals surface area contributed by atoms with Crippen LogP contribution in [0.2, 0.25) is 0 Å². The van der Waals surface area contributed by atoms with Crippen LogP contribution in [-0.4, -0.2) is 37.2 Å². The maximum atomic E-state index is 12.8. The van der Waals surface area contributed by atoms with Gasteiger partial charge in [-0.15, -0.1) is 0 Å². The second-order valence-corrected chi connectivity index (χ2v) is 20.9. The molecule has 64 heavy (non-hydrogen) atoms. The predicted molar refractivity (Wildman–Crippen MR) is 275 cm³/mol. The number of esters is 3. The standard InChI is InChI=1S/C58H112O6/c1-6-7-8-9-10-11-12-13-17-25-30-35-40-45-50-58(61)64-55(52-63-57(60)49-44-39-34-29-24-20-19-22-27-32-37-42-47-54(4)5)51-62-56(59)48-43-38-33-28-23-18-15-14-16-21-26-31-36-41-46-53(2)3/h53-55H,6-52H2,1-5H3/t55-/m1/s1. The number of hydrogen-bond acceptors (Lipinski definition) is 6. The first kappa shape index (κ1) is 62.4. The Morgan fingerprint density at radius 1 is 0.297 bits per heavy atom. The SMILES string of the molecule is CCCCCCCCCCCCCCCCC(=O)O[C@H](COC(=O)CCCCCCCCCCCCCCCCC(C)C)COC(=O)CCCCCCCCCCCCCCC(C)C. The summed E-state index contributed by atoms with van der Waals surface area (Å²) in [6.45, 7) is 11.4. The molecule has 0 radical (unpaired) electrons. The molecule has 0 aliphatic carbocycles. The summed E-state index contributed by atoms with van der Waals surface area (Å²) in [4.78, 5) is 38.1. The van der Waals surface area contributed by atoms with Crippen molar-refractivity contribution in [2.45, 2.75) is 330 Å². The van der Waals surface area contributed by atoms with Crippen molar-refractivity contribution in [1.29, 1.82) is 0 Å². The summed E-state index contributed by atoms with van der Waals surface area (Å²) in [5, 5.41) is 0.